The Morgan fingerprint density at radius 2 is 1.90 bits per heavy atom. The third-order valence-corrected chi connectivity index (χ3v) is 2.71. The number of hydrogen-bond acceptors (Lipinski definition) is 2. The van der Waals surface area contributed by atoms with Gasteiger partial charge in [0.25, 0.3) is 0 Å². The molecule has 0 fully saturated rings. The molecule has 0 heterocycles. The number of alkyl halides is 1. The molecule has 1 aromatic carbocycles. The molecular formula is C7H7IOS. The van der Waals surface area contributed by atoms with Gasteiger partial charge in [-0.05, 0) is 24.3 Å². The van der Waals surface area contributed by atoms with Crippen molar-refractivity contribution in [2.75, 3.05) is 3.76 Å². The van der Waals surface area contributed by atoms with Gasteiger partial charge in [0.05, 0.1) is 3.76 Å². The van der Waals surface area contributed by atoms with E-state index in [0.717, 1.165) is 3.76 Å². The van der Waals surface area contributed by atoms with Crippen LogP contribution in [-0.4, -0.2) is 8.87 Å². The predicted octanol–water partition coefficient (Wildman–Crippen LogP) is 2.88. The van der Waals surface area contributed by atoms with Crippen LogP contribution in [0.25, 0.3) is 0 Å². The largest absolute Gasteiger partial charge is 0.508 e. The summed E-state index contributed by atoms with van der Waals surface area (Å²) >= 11 is 4.06. The molecule has 0 unspecified atom stereocenters. The molecule has 0 saturated heterocycles. The number of phenols is 1. The van der Waals surface area contributed by atoms with Crippen molar-refractivity contribution in [1.29, 1.82) is 0 Å². The molecule has 0 aliphatic carbocycles. The van der Waals surface area contributed by atoms with Gasteiger partial charge in [0.15, 0.2) is 0 Å². The van der Waals surface area contributed by atoms with E-state index in [1.165, 1.54) is 4.90 Å². The van der Waals surface area contributed by atoms with E-state index in [4.69, 9.17) is 5.11 Å². The standard InChI is InChI=1S/C7H7IOS/c8-5-10-7-3-1-6(9)2-4-7/h1-4,9H,5H2. The van der Waals surface area contributed by atoms with Crippen LogP contribution in [0.2, 0.25) is 0 Å². The molecule has 0 aliphatic rings. The molecule has 1 rings (SSSR count). The van der Waals surface area contributed by atoms with Gasteiger partial charge < -0.3 is 5.11 Å². The normalized spacial score (nSPS) is 9.70. The molecule has 1 N–H and O–H groups in total. The van der Waals surface area contributed by atoms with E-state index in [-0.39, 0.29) is 0 Å². The quantitative estimate of drug-likeness (QED) is 0.504. The maximum atomic E-state index is 8.91. The highest BCUT2D eigenvalue weighted by Crippen LogP contribution is 2.21. The number of halogens is 1. The monoisotopic (exact) mass is 266 g/mol. The Hall–Kier alpha value is 0.1000. The molecule has 0 saturated carbocycles. The average molecular weight is 266 g/mol. The van der Waals surface area contributed by atoms with E-state index in [1.807, 2.05) is 12.1 Å². The van der Waals surface area contributed by atoms with Crippen LogP contribution >= 0.6 is 34.4 Å². The second-order valence-electron chi connectivity index (χ2n) is 1.75. The number of hydrogen-bond donors (Lipinski definition) is 1. The SMILES string of the molecule is Oc1ccc(SCI)cc1. The van der Waals surface area contributed by atoms with Crippen molar-refractivity contribution in [2.24, 2.45) is 0 Å². The summed E-state index contributed by atoms with van der Waals surface area (Å²) in [5.74, 6) is 0.331. The highest BCUT2D eigenvalue weighted by molar-refractivity contribution is 14.1. The van der Waals surface area contributed by atoms with Crippen molar-refractivity contribution in [1.82, 2.24) is 0 Å². The van der Waals surface area contributed by atoms with Crippen LogP contribution in [0.3, 0.4) is 0 Å². The van der Waals surface area contributed by atoms with Crippen LogP contribution in [0.5, 0.6) is 5.75 Å². The van der Waals surface area contributed by atoms with E-state index < -0.39 is 0 Å². The zero-order valence-electron chi connectivity index (χ0n) is 5.25. The molecule has 0 bridgehead atoms. The van der Waals surface area contributed by atoms with Gasteiger partial charge in [-0.15, -0.1) is 11.8 Å². The van der Waals surface area contributed by atoms with Crippen molar-refractivity contribution in [3.05, 3.63) is 24.3 Å². The maximum Gasteiger partial charge on any atom is 0.115 e. The first-order chi connectivity index (χ1) is 4.83. The highest BCUT2D eigenvalue weighted by Gasteiger charge is 1.90. The molecule has 0 spiro atoms. The Morgan fingerprint density at radius 1 is 1.30 bits per heavy atom. The van der Waals surface area contributed by atoms with Crippen LogP contribution in [0.15, 0.2) is 29.2 Å². The molecule has 54 valence electrons. The molecule has 1 nitrogen and oxygen atoms in total. The summed E-state index contributed by atoms with van der Waals surface area (Å²) in [6.07, 6.45) is 0. The van der Waals surface area contributed by atoms with Crippen LogP contribution in [0.4, 0.5) is 0 Å². The fourth-order valence-corrected chi connectivity index (χ4v) is 2.14. The van der Waals surface area contributed by atoms with Gasteiger partial charge in [-0.3, -0.25) is 0 Å². The van der Waals surface area contributed by atoms with E-state index in [1.54, 1.807) is 23.9 Å². The van der Waals surface area contributed by atoms with Gasteiger partial charge in [0, 0.05) is 4.90 Å². The van der Waals surface area contributed by atoms with Gasteiger partial charge >= 0.3 is 0 Å². The lowest BCUT2D eigenvalue weighted by atomic mass is 10.3. The third-order valence-electron chi connectivity index (χ3n) is 1.06. The molecule has 3 heteroatoms. The number of benzene rings is 1. The molecule has 0 radical (unpaired) electrons. The summed E-state index contributed by atoms with van der Waals surface area (Å²) in [5, 5.41) is 8.91. The molecule has 0 aliphatic heterocycles. The fourth-order valence-electron chi connectivity index (χ4n) is 0.605. The van der Waals surface area contributed by atoms with E-state index in [9.17, 15) is 0 Å². The average Bonchev–Trinajstić information content (AvgIpc) is 1.95. The number of thioether (sulfide) groups is 1. The minimum absolute atomic E-state index is 0.331. The lowest BCUT2D eigenvalue weighted by Crippen LogP contribution is -1.68. The second-order valence-corrected chi connectivity index (χ2v) is 4.59. The summed E-state index contributed by atoms with van der Waals surface area (Å²) in [6.45, 7) is 0. The first-order valence-electron chi connectivity index (χ1n) is 2.81. The zero-order valence-corrected chi connectivity index (χ0v) is 8.22. The van der Waals surface area contributed by atoms with Gasteiger partial charge in [-0.25, -0.2) is 0 Å². The van der Waals surface area contributed by atoms with Crippen LogP contribution in [0, 0.1) is 0 Å². The summed E-state index contributed by atoms with van der Waals surface area (Å²) in [7, 11) is 0. The van der Waals surface area contributed by atoms with Crippen LogP contribution < -0.4 is 0 Å². The third kappa shape index (κ3) is 2.38. The number of phenolic OH excluding ortho intramolecular Hbond substituents is 1. The van der Waals surface area contributed by atoms with Gasteiger partial charge in [0.2, 0.25) is 0 Å². The summed E-state index contributed by atoms with van der Waals surface area (Å²) in [4.78, 5) is 1.20. The Bertz CT molecular complexity index is 197. The fraction of sp³-hybridized carbons (Fsp3) is 0.143. The molecular weight excluding hydrogens is 259 g/mol. The molecule has 1 aromatic rings. The summed E-state index contributed by atoms with van der Waals surface area (Å²) in [5.41, 5.74) is 0. The first-order valence-corrected chi connectivity index (χ1v) is 5.32. The maximum absolute atomic E-state index is 8.91. The molecule has 10 heavy (non-hydrogen) atoms. The smallest absolute Gasteiger partial charge is 0.115 e. The van der Waals surface area contributed by atoms with Crippen LogP contribution in [-0.2, 0) is 0 Å². The minimum atomic E-state index is 0.331. The van der Waals surface area contributed by atoms with Gasteiger partial charge in [-0.1, -0.05) is 22.6 Å². The Kier molecular flexibility index (Phi) is 3.34. The lowest BCUT2D eigenvalue weighted by molar-refractivity contribution is 0.475. The molecule has 0 aromatic heterocycles. The van der Waals surface area contributed by atoms with E-state index in [2.05, 4.69) is 22.6 Å². The highest BCUT2D eigenvalue weighted by atomic mass is 127. The second kappa shape index (κ2) is 4.08. The Labute approximate surface area is 78.0 Å². The van der Waals surface area contributed by atoms with E-state index >= 15 is 0 Å². The lowest BCUT2D eigenvalue weighted by Gasteiger charge is -1.95. The van der Waals surface area contributed by atoms with Crippen molar-refractivity contribution < 1.29 is 5.11 Å². The topological polar surface area (TPSA) is 20.2 Å². The molecule has 0 atom stereocenters. The van der Waals surface area contributed by atoms with Gasteiger partial charge in [-0.2, -0.15) is 0 Å². The Balaban J connectivity index is 2.69. The zero-order chi connectivity index (χ0) is 7.40. The molecule has 0 amide bonds. The Morgan fingerprint density at radius 3 is 2.40 bits per heavy atom. The number of aromatic hydroxyl groups is 1. The number of rotatable bonds is 2. The van der Waals surface area contributed by atoms with Crippen molar-refractivity contribution in [3.63, 3.8) is 0 Å². The van der Waals surface area contributed by atoms with Crippen molar-refractivity contribution >= 4 is 34.4 Å². The van der Waals surface area contributed by atoms with Crippen LogP contribution in [0.1, 0.15) is 0 Å². The van der Waals surface area contributed by atoms with Gasteiger partial charge in [0.1, 0.15) is 5.75 Å². The summed E-state index contributed by atoms with van der Waals surface area (Å²) < 4.78 is 1.04. The van der Waals surface area contributed by atoms with Crippen molar-refractivity contribution in [3.8, 4) is 5.75 Å². The minimum Gasteiger partial charge on any atom is -0.508 e. The first kappa shape index (κ1) is 8.20. The predicted molar refractivity (Wildman–Crippen MR) is 52.9 cm³/mol. The summed E-state index contributed by atoms with van der Waals surface area (Å²) in [6, 6.07) is 7.24. The van der Waals surface area contributed by atoms with E-state index in [0.29, 0.717) is 5.75 Å². The van der Waals surface area contributed by atoms with Crippen molar-refractivity contribution in [2.45, 2.75) is 4.90 Å².